The first kappa shape index (κ1) is 11.2. The van der Waals surface area contributed by atoms with Crippen molar-refractivity contribution in [2.75, 3.05) is 19.8 Å². The van der Waals surface area contributed by atoms with E-state index in [2.05, 4.69) is 5.10 Å². The van der Waals surface area contributed by atoms with Crippen LogP contribution in [-0.4, -0.2) is 34.7 Å². The zero-order valence-electron chi connectivity index (χ0n) is 9.54. The minimum atomic E-state index is -0.568. The molecule has 0 unspecified atom stereocenters. The maximum Gasteiger partial charge on any atom is 0.437 e. The Labute approximate surface area is 102 Å². The summed E-state index contributed by atoms with van der Waals surface area (Å²) in [6.07, 6.45) is 1.48. The zero-order valence-corrected chi connectivity index (χ0v) is 9.54. The highest BCUT2D eigenvalue weighted by Gasteiger charge is 2.39. The lowest BCUT2D eigenvalue weighted by Crippen LogP contribution is -2.50. The Hall–Kier alpha value is -1.86. The second-order valence-electron chi connectivity index (χ2n) is 4.46. The third kappa shape index (κ3) is 1.77. The molecule has 3 heterocycles. The fourth-order valence-electron chi connectivity index (χ4n) is 1.85. The number of aliphatic hydroxyl groups excluding tert-OH is 1. The van der Waals surface area contributed by atoms with Gasteiger partial charge in [-0.05, 0) is 12.1 Å². The van der Waals surface area contributed by atoms with Crippen LogP contribution >= 0.6 is 0 Å². The Bertz CT molecular complexity index is 573. The SMILES string of the molecule is O=c1oc(-c2ccco2)nn1CC1(CO)COC1. The van der Waals surface area contributed by atoms with E-state index in [1.54, 1.807) is 12.1 Å². The van der Waals surface area contributed by atoms with Crippen LogP contribution in [0.25, 0.3) is 11.7 Å². The van der Waals surface area contributed by atoms with Crippen LogP contribution in [0.3, 0.4) is 0 Å². The quantitative estimate of drug-likeness (QED) is 0.830. The van der Waals surface area contributed by atoms with Crippen LogP contribution in [0.1, 0.15) is 0 Å². The summed E-state index contributed by atoms with van der Waals surface area (Å²) in [5.41, 5.74) is -0.429. The minimum Gasteiger partial charge on any atom is -0.459 e. The number of rotatable bonds is 4. The number of ether oxygens (including phenoxy) is 1. The van der Waals surface area contributed by atoms with Crippen LogP contribution in [0.2, 0.25) is 0 Å². The molecule has 7 heteroatoms. The van der Waals surface area contributed by atoms with Crippen LogP contribution in [0, 0.1) is 5.41 Å². The smallest absolute Gasteiger partial charge is 0.437 e. The van der Waals surface area contributed by atoms with Crippen molar-refractivity contribution < 1.29 is 18.7 Å². The molecule has 0 aliphatic carbocycles. The summed E-state index contributed by atoms with van der Waals surface area (Å²) in [7, 11) is 0. The first-order chi connectivity index (χ1) is 8.72. The summed E-state index contributed by atoms with van der Waals surface area (Å²) in [6.45, 7) is 1.05. The van der Waals surface area contributed by atoms with Crippen molar-refractivity contribution in [2.45, 2.75) is 6.54 Å². The topological polar surface area (TPSA) is 90.6 Å². The largest absolute Gasteiger partial charge is 0.459 e. The van der Waals surface area contributed by atoms with Gasteiger partial charge >= 0.3 is 5.76 Å². The standard InChI is InChI=1S/C11H12N2O5/c14-5-11(6-16-7-11)4-13-10(15)18-9(12-13)8-2-1-3-17-8/h1-3,14H,4-7H2. The van der Waals surface area contributed by atoms with Gasteiger partial charge in [-0.15, -0.1) is 5.10 Å². The fraction of sp³-hybridized carbons (Fsp3) is 0.455. The lowest BCUT2D eigenvalue weighted by atomic mass is 9.87. The van der Waals surface area contributed by atoms with Gasteiger partial charge in [0.1, 0.15) is 0 Å². The molecular weight excluding hydrogens is 240 g/mol. The predicted octanol–water partition coefficient (Wildman–Crippen LogP) is 0.105. The molecule has 1 N–H and O–H groups in total. The fourth-order valence-corrected chi connectivity index (χ4v) is 1.85. The minimum absolute atomic E-state index is 0.0532. The molecule has 2 aromatic rings. The summed E-state index contributed by atoms with van der Waals surface area (Å²) in [4.78, 5) is 11.6. The van der Waals surface area contributed by atoms with Gasteiger partial charge in [-0.2, -0.15) is 4.68 Å². The molecule has 1 fully saturated rings. The molecule has 96 valence electrons. The average molecular weight is 252 g/mol. The van der Waals surface area contributed by atoms with E-state index in [4.69, 9.17) is 13.6 Å². The first-order valence-corrected chi connectivity index (χ1v) is 5.53. The Morgan fingerprint density at radius 2 is 2.33 bits per heavy atom. The summed E-state index contributed by atoms with van der Waals surface area (Å²) < 4.78 is 16.4. The van der Waals surface area contributed by atoms with Gasteiger partial charge in [0.2, 0.25) is 0 Å². The Kier molecular flexibility index (Phi) is 2.57. The van der Waals surface area contributed by atoms with Gasteiger partial charge in [0.25, 0.3) is 5.89 Å². The number of furan rings is 1. The molecular formula is C11H12N2O5. The van der Waals surface area contributed by atoms with Crippen molar-refractivity contribution in [2.24, 2.45) is 5.41 Å². The zero-order chi connectivity index (χ0) is 12.6. The van der Waals surface area contributed by atoms with Crippen molar-refractivity contribution >= 4 is 0 Å². The van der Waals surface area contributed by atoms with Gasteiger partial charge in [0, 0.05) is 0 Å². The maximum atomic E-state index is 11.6. The second kappa shape index (κ2) is 4.11. The number of hydrogen-bond donors (Lipinski definition) is 1. The van der Waals surface area contributed by atoms with Crippen LogP contribution in [0.4, 0.5) is 0 Å². The highest BCUT2D eigenvalue weighted by molar-refractivity contribution is 5.42. The normalized spacial score (nSPS) is 17.6. The summed E-state index contributed by atoms with van der Waals surface area (Å²) in [6, 6.07) is 3.34. The summed E-state index contributed by atoms with van der Waals surface area (Å²) in [5.74, 6) is -0.0341. The van der Waals surface area contributed by atoms with Crippen molar-refractivity contribution in [3.05, 3.63) is 28.9 Å². The number of hydrogen-bond acceptors (Lipinski definition) is 6. The first-order valence-electron chi connectivity index (χ1n) is 5.53. The molecule has 0 saturated carbocycles. The van der Waals surface area contributed by atoms with E-state index < -0.39 is 11.2 Å². The van der Waals surface area contributed by atoms with Gasteiger partial charge in [0.15, 0.2) is 5.76 Å². The summed E-state index contributed by atoms with van der Waals surface area (Å²) >= 11 is 0. The molecule has 0 bridgehead atoms. The van der Waals surface area contributed by atoms with E-state index in [9.17, 15) is 9.90 Å². The molecule has 1 saturated heterocycles. The molecule has 1 aliphatic rings. The molecule has 1 aliphatic heterocycles. The van der Waals surface area contributed by atoms with E-state index in [1.807, 2.05) is 0 Å². The van der Waals surface area contributed by atoms with E-state index in [1.165, 1.54) is 10.9 Å². The van der Waals surface area contributed by atoms with Crippen molar-refractivity contribution in [3.63, 3.8) is 0 Å². The number of aliphatic hydroxyl groups is 1. The molecule has 0 amide bonds. The van der Waals surface area contributed by atoms with E-state index in [-0.39, 0.29) is 19.0 Å². The number of nitrogens with zero attached hydrogens (tertiary/aromatic N) is 2. The highest BCUT2D eigenvalue weighted by Crippen LogP contribution is 2.28. The Morgan fingerprint density at radius 3 is 2.89 bits per heavy atom. The van der Waals surface area contributed by atoms with Crippen LogP contribution in [0.5, 0.6) is 0 Å². The van der Waals surface area contributed by atoms with Gasteiger partial charge < -0.3 is 18.7 Å². The lowest BCUT2D eigenvalue weighted by Gasteiger charge is -2.39. The highest BCUT2D eigenvalue weighted by atomic mass is 16.5. The van der Waals surface area contributed by atoms with Crippen LogP contribution in [0.15, 0.2) is 32.0 Å². The van der Waals surface area contributed by atoms with Gasteiger partial charge in [-0.1, -0.05) is 0 Å². The summed E-state index contributed by atoms with van der Waals surface area (Å²) in [5, 5.41) is 13.4. The Morgan fingerprint density at radius 1 is 1.50 bits per heavy atom. The monoisotopic (exact) mass is 252 g/mol. The van der Waals surface area contributed by atoms with E-state index in [0.29, 0.717) is 19.0 Å². The van der Waals surface area contributed by atoms with Crippen molar-refractivity contribution in [1.29, 1.82) is 0 Å². The Balaban J connectivity index is 1.87. The molecule has 3 rings (SSSR count). The molecule has 2 aromatic heterocycles. The van der Waals surface area contributed by atoms with E-state index in [0.717, 1.165) is 0 Å². The van der Waals surface area contributed by atoms with E-state index >= 15 is 0 Å². The van der Waals surface area contributed by atoms with Crippen LogP contribution in [-0.2, 0) is 11.3 Å². The molecule has 0 radical (unpaired) electrons. The molecule has 7 nitrogen and oxygen atoms in total. The second-order valence-corrected chi connectivity index (χ2v) is 4.46. The van der Waals surface area contributed by atoms with Crippen molar-refractivity contribution in [3.8, 4) is 11.7 Å². The number of aromatic nitrogens is 2. The van der Waals surface area contributed by atoms with Crippen molar-refractivity contribution in [1.82, 2.24) is 9.78 Å². The third-order valence-corrected chi connectivity index (χ3v) is 2.98. The van der Waals surface area contributed by atoms with Gasteiger partial charge in [0.05, 0.1) is 38.0 Å². The molecule has 0 atom stereocenters. The predicted molar refractivity (Wildman–Crippen MR) is 58.8 cm³/mol. The third-order valence-electron chi connectivity index (χ3n) is 2.98. The maximum absolute atomic E-state index is 11.6. The van der Waals surface area contributed by atoms with Crippen LogP contribution < -0.4 is 5.76 Å². The lowest BCUT2D eigenvalue weighted by molar-refractivity contribution is -0.146. The van der Waals surface area contributed by atoms with Gasteiger partial charge in [-0.3, -0.25) is 0 Å². The average Bonchev–Trinajstić information content (AvgIpc) is 2.93. The van der Waals surface area contributed by atoms with Gasteiger partial charge in [-0.25, -0.2) is 4.79 Å². The molecule has 0 spiro atoms. The molecule has 18 heavy (non-hydrogen) atoms. The molecule has 0 aromatic carbocycles.